The molecule has 0 bridgehead atoms. The molecule has 8 heteroatoms. The third-order valence-electron chi connectivity index (χ3n) is 3.65. The summed E-state index contributed by atoms with van der Waals surface area (Å²) in [5.41, 5.74) is 6.33. The van der Waals surface area contributed by atoms with Crippen LogP contribution >= 0.6 is 0 Å². The third-order valence-corrected chi connectivity index (χ3v) is 3.65. The van der Waals surface area contributed by atoms with Crippen molar-refractivity contribution in [2.45, 2.75) is 6.92 Å². The molecule has 1 heterocycles. The highest BCUT2D eigenvalue weighted by atomic mass is 19.1. The summed E-state index contributed by atoms with van der Waals surface area (Å²) in [7, 11) is 0. The number of amides is 2. The zero-order valence-corrected chi connectivity index (χ0v) is 14.5. The van der Waals surface area contributed by atoms with Gasteiger partial charge in [-0.25, -0.2) is 9.37 Å². The molecule has 0 unspecified atom stereocenters. The monoisotopic (exact) mass is 368 g/mol. The number of hydrogen-bond donors (Lipinski definition) is 2. The molecule has 0 aliphatic carbocycles. The molecule has 0 atom stereocenters. The molecule has 2 amide bonds. The highest BCUT2D eigenvalue weighted by Crippen LogP contribution is 2.13. The van der Waals surface area contributed by atoms with Gasteiger partial charge in [0, 0.05) is 5.69 Å². The van der Waals surface area contributed by atoms with Gasteiger partial charge in [-0.3, -0.25) is 25.0 Å². The topological polar surface area (TPSA) is 85.2 Å². The first-order valence-electron chi connectivity index (χ1n) is 8.10. The number of halogens is 1. The first-order chi connectivity index (χ1) is 13.0. The van der Waals surface area contributed by atoms with E-state index in [1.54, 1.807) is 12.1 Å². The maximum Gasteiger partial charge on any atom is 0.288 e. The van der Waals surface area contributed by atoms with Gasteiger partial charge in [-0.1, -0.05) is 12.1 Å². The van der Waals surface area contributed by atoms with Crippen LogP contribution in [-0.4, -0.2) is 28.0 Å². The van der Waals surface area contributed by atoms with E-state index in [2.05, 4.69) is 15.8 Å². The summed E-state index contributed by atoms with van der Waals surface area (Å²) in [6, 6.07) is 12.9. The summed E-state index contributed by atoms with van der Waals surface area (Å²) in [5, 5.41) is 0. The van der Waals surface area contributed by atoms with Gasteiger partial charge in [-0.15, -0.1) is 0 Å². The lowest BCUT2D eigenvalue weighted by atomic mass is 10.2. The van der Waals surface area contributed by atoms with Gasteiger partial charge in [0.1, 0.15) is 17.3 Å². The average molecular weight is 368 g/mol. The maximum absolute atomic E-state index is 13.1. The summed E-state index contributed by atoms with van der Waals surface area (Å²) in [6.45, 7) is 1.67. The number of carbonyl (C=O) groups is 2. The van der Waals surface area contributed by atoms with Crippen LogP contribution in [0.15, 0.2) is 61.1 Å². The number of benzene rings is 2. The van der Waals surface area contributed by atoms with Gasteiger partial charge >= 0.3 is 0 Å². The van der Waals surface area contributed by atoms with Crippen LogP contribution in [0.25, 0.3) is 5.69 Å². The lowest BCUT2D eigenvalue weighted by molar-refractivity contribution is -0.123. The van der Waals surface area contributed by atoms with E-state index in [4.69, 9.17) is 4.74 Å². The zero-order chi connectivity index (χ0) is 19.2. The van der Waals surface area contributed by atoms with E-state index in [9.17, 15) is 14.0 Å². The number of rotatable bonds is 5. The summed E-state index contributed by atoms with van der Waals surface area (Å²) >= 11 is 0. The smallest absolute Gasteiger partial charge is 0.288 e. The second kappa shape index (κ2) is 8.13. The quantitative estimate of drug-likeness (QED) is 0.676. The van der Waals surface area contributed by atoms with Gasteiger partial charge in [-0.05, 0) is 48.9 Å². The van der Waals surface area contributed by atoms with E-state index in [0.29, 0.717) is 11.4 Å². The molecule has 2 aromatic carbocycles. The minimum atomic E-state index is -0.569. The normalized spacial score (nSPS) is 10.3. The average Bonchev–Trinajstić information content (AvgIpc) is 3.15. The Hall–Kier alpha value is -3.68. The molecule has 3 rings (SSSR count). The van der Waals surface area contributed by atoms with Gasteiger partial charge in [0.05, 0.1) is 12.5 Å². The third kappa shape index (κ3) is 4.69. The van der Waals surface area contributed by atoms with Crippen LogP contribution in [0.2, 0.25) is 0 Å². The highest BCUT2D eigenvalue weighted by Gasteiger charge is 2.14. The predicted molar refractivity (Wildman–Crippen MR) is 95.8 cm³/mol. The van der Waals surface area contributed by atoms with Crippen LogP contribution in [-0.2, 0) is 4.79 Å². The number of aryl methyl sites for hydroxylation is 1. The number of carbonyl (C=O) groups excluding carboxylic acids is 2. The number of nitrogens with zero attached hydrogens (tertiary/aromatic N) is 2. The van der Waals surface area contributed by atoms with Gasteiger partial charge < -0.3 is 4.74 Å². The minimum absolute atomic E-state index is 0.182. The van der Waals surface area contributed by atoms with Crippen molar-refractivity contribution in [3.05, 3.63) is 78.1 Å². The molecule has 3 aromatic rings. The Morgan fingerprint density at radius 3 is 2.67 bits per heavy atom. The van der Waals surface area contributed by atoms with Crippen molar-refractivity contribution < 1.29 is 18.7 Å². The van der Waals surface area contributed by atoms with Crippen LogP contribution in [0, 0.1) is 12.7 Å². The molecule has 0 radical (unpaired) electrons. The molecule has 0 aliphatic rings. The van der Waals surface area contributed by atoms with Gasteiger partial charge in [0.2, 0.25) is 0 Å². The van der Waals surface area contributed by atoms with Crippen LogP contribution in [0.4, 0.5) is 4.39 Å². The van der Waals surface area contributed by atoms with Crippen molar-refractivity contribution in [2.75, 3.05) is 6.61 Å². The summed E-state index contributed by atoms with van der Waals surface area (Å²) < 4.78 is 19.9. The first-order valence-corrected chi connectivity index (χ1v) is 8.10. The number of nitrogens with one attached hydrogen (secondary N) is 2. The molecule has 0 saturated heterocycles. The van der Waals surface area contributed by atoms with E-state index >= 15 is 0 Å². The van der Waals surface area contributed by atoms with Crippen molar-refractivity contribution in [3.63, 3.8) is 0 Å². The van der Waals surface area contributed by atoms with Crippen molar-refractivity contribution in [1.29, 1.82) is 0 Å². The Labute approximate surface area is 154 Å². The Balaban J connectivity index is 1.56. The van der Waals surface area contributed by atoms with E-state index in [1.165, 1.54) is 41.4 Å². The van der Waals surface area contributed by atoms with Crippen molar-refractivity contribution in [1.82, 2.24) is 20.4 Å². The number of ether oxygens (including phenoxy) is 1. The summed E-state index contributed by atoms with van der Waals surface area (Å²) in [4.78, 5) is 28.1. The van der Waals surface area contributed by atoms with Crippen LogP contribution < -0.4 is 15.6 Å². The molecule has 0 aliphatic heterocycles. The van der Waals surface area contributed by atoms with Crippen molar-refractivity contribution >= 4 is 11.8 Å². The van der Waals surface area contributed by atoms with Crippen LogP contribution in [0.1, 0.15) is 16.1 Å². The maximum atomic E-state index is 13.1. The number of aromatic nitrogens is 2. The second-order valence-corrected chi connectivity index (χ2v) is 5.73. The lowest BCUT2D eigenvalue weighted by Gasteiger charge is -2.11. The fourth-order valence-corrected chi connectivity index (χ4v) is 2.35. The largest absolute Gasteiger partial charge is 0.484 e. The molecule has 0 saturated carbocycles. The molecule has 0 fully saturated rings. The zero-order valence-electron chi connectivity index (χ0n) is 14.5. The van der Waals surface area contributed by atoms with E-state index < -0.39 is 11.8 Å². The molecule has 138 valence electrons. The van der Waals surface area contributed by atoms with Crippen LogP contribution in [0.5, 0.6) is 5.75 Å². The van der Waals surface area contributed by atoms with Crippen molar-refractivity contribution in [2.24, 2.45) is 0 Å². The SMILES string of the molecule is Cc1cccc(OCC(=O)NNC(=O)c2cncn2-c2ccc(F)cc2)c1. The summed E-state index contributed by atoms with van der Waals surface area (Å²) in [5.74, 6) is -0.907. The van der Waals surface area contributed by atoms with Gasteiger partial charge in [0.15, 0.2) is 6.61 Å². The number of hydrazine groups is 1. The van der Waals surface area contributed by atoms with Gasteiger partial charge in [-0.2, -0.15) is 0 Å². The second-order valence-electron chi connectivity index (χ2n) is 5.73. The molecular formula is C19H17FN4O3. The molecule has 1 aromatic heterocycles. The molecule has 7 nitrogen and oxygen atoms in total. The summed E-state index contributed by atoms with van der Waals surface area (Å²) in [6.07, 6.45) is 2.76. The van der Waals surface area contributed by atoms with E-state index in [1.807, 2.05) is 19.1 Å². The van der Waals surface area contributed by atoms with Crippen LogP contribution in [0.3, 0.4) is 0 Å². The lowest BCUT2D eigenvalue weighted by Crippen LogP contribution is -2.44. The first kappa shape index (κ1) is 18.1. The molecule has 2 N–H and O–H groups in total. The number of hydrogen-bond acceptors (Lipinski definition) is 4. The fraction of sp³-hybridized carbons (Fsp3) is 0.105. The van der Waals surface area contributed by atoms with Gasteiger partial charge in [0.25, 0.3) is 11.8 Å². The van der Waals surface area contributed by atoms with E-state index in [0.717, 1.165) is 5.56 Å². The van der Waals surface area contributed by atoms with E-state index in [-0.39, 0.29) is 18.1 Å². The Bertz CT molecular complexity index is 954. The fourth-order valence-electron chi connectivity index (χ4n) is 2.35. The molecular weight excluding hydrogens is 351 g/mol. The molecule has 27 heavy (non-hydrogen) atoms. The standard InChI is InChI=1S/C19H17FN4O3/c1-13-3-2-4-16(9-13)27-11-18(25)22-23-19(26)17-10-21-12-24(17)15-7-5-14(20)6-8-15/h2-10,12H,11H2,1H3,(H,22,25)(H,23,26). The van der Waals surface area contributed by atoms with Crippen molar-refractivity contribution in [3.8, 4) is 11.4 Å². The minimum Gasteiger partial charge on any atom is -0.484 e. The highest BCUT2D eigenvalue weighted by molar-refractivity contribution is 5.94. The molecule has 0 spiro atoms. The Morgan fingerprint density at radius 2 is 1.93 bits per heavy atom. The Morgan fingerprint density at radius 1 is 1.15 bits per heavy atom. The number of imidazole rings is 1. The predicted octanol–water partition coefficient (Wildman–Crippen LogP) is 2.16. The Kier molecular flexibility index (Phi) is 5.46.